The molecule has 0 saturated heterocycles. The molecular weight excluding hydrogens is 218 g/mol. The summed E-state index contributed by atoms with van der Waals surface area (Å²) in [5.41, 5.74) is 0.669. The molecule has 0 aromatic rings. The highest BCUT2D eigenvalue weighted by Gasteiger charge is 2.34. The Morgan fingerprint density at radius 1 is 1.47 bits per heavy atom. The van der Waals surface area contributed by atoms with Crippen molar-refractivity contribution in [2.45, 2.75) is 46.6 Å². The largest absolute Gasteiger partial charge is 0.511 e. The first kappa shape index (κ1) is 13.9. The van der Waals surface area contributed by atoms with E-state index in [1.807, 2.05) is 13.8 Å². The molecule has 1 rings (SSSR count). The van der Waals surface area contributed by atoms with Gasteiger partial charge in [0.25, 0.3) is 0 Å². The van der Waals surface area contributed by atoms with Gasteiger partial charge in [0.2, 0.25) is 0 Å². The maximum absolute atomic E-state index is 12.0. The number of carbonyl (C=O) groups is 1. The molecule has 0 fully saturated rings. The Labute approximate surface area is 102 Å². The molecule has 0 aliphatic heterocycles. The fourth-order valence-electron chi connectivity index (χ4n) is 2.13. The molecule has 0 saturated carbocycles. The summed E-state index contributed by atoms with van der Waals surface area (Å²) in [6.07, 6.45) is 0.918. The standard InChI is InChI=1S/C13H21NO3/c1-8(7-15)14-9(2)12-10(16)5-13(3,4)6-11(12)17/h8,15-16H,5-7H2,1-4H3/t8-/m0/s1. The monoisotopic (exact) mass is 239 g/mol. The van der Waals surface area contributed by atoms with Crippen LogP contribution in [0.25, 0.3) is 0 Å². The average molecular weight is 239 g/mol. The van der Waals surface area contributed by atoms with Gasteiger partial charge in [-0.25, -0.2) is 0 Å². The van der Waals surface area contributed by atoms with Crippen LogP contribution in [0.15, 0.2) is 16.3 Å². The molecule has 96 valence electrons. The Morgan fingerprint density at radius 2 is 2.06 bits per heavy atom. The van der Waals surface area contributed by atoms with Crippen LogP contribution in [0.5, 0.6) is 0 Å². The normalized spacial score (nSPS) is 22.9. The summed E-state index contributed by atoms with van der Waals surface area (Å²) in [7, 11) is 0. The van der Waals surface area contributed by atoms with Crippen LogP contribution >= 0.6 is 0 Å². The van der Waals surface area contributed by atoms with E-state index in [2.05, 4.69) is 4.99 Å². The van der Waals surface area contributed by atoms with E-state index in [0.29, 0.717) is 24.1 Å². The van der Waals surface area contributed by atoms with Crippen molar-refractivity contribution >= 4 is 11.5 Å². The van der Waals surface area contributed by atoms with Crippen molar-refractivity contribution in [2.24, 2.45) is 10.4 Å². The quantitative estimate of drug-likeness (QED) is 0.740. The summed E-state index contributed by atoms with van der Waals surface area (Å²) in [4.78, 5) is 16.2. The third kappa shape index (κ3) is 3.40. The number of hydrogen-bond donors (Lipinski definition) is 2. The van der Waals surface area contributed by atoms with Crippen LogP contribution in [0.4, 0.5) is 0 Å². The van der Waals surface area contributed by atoms with Gasteiger partial charge in [0, 0.05) is 18.6 Å². The zero-order valence-electron chi connectivity index (χ0n) is 10.9. The van der Waals surface area contributed by atoms with E-state index in [1.54, 1.807) is 13.8 Å². The Balaban J connectivity index is 3.05. The first-order valence-electron chi connectivity index (χ1n) is 5.88. The van der Waals surface area contributed by atoms with Gasteiger partial charge in [-0.1, -0.05) is 13.8 Å². The van der Waals surface area contributed by atoms with Crippen molar-refractivity contribution in [1.82, 2.24) is 0 Å². The molecule has 2 N–H and O–H groups in total. The Kier molecular flexibility index (Phi) is 4.09. The molecule has 1 aliphatic carbocycles. The Hall–Kier alpha value is -1.16. The highest BCUT2D eigenvalue weighted by molar-refractivity contribution is 6.22. The minimum Gasteiger partial charge on any atom is -0.511 e. The van der Waals surface area contributed by atoms with Crippen LogP contribution in [-0.4, -0.2) is 34.4 Å². The number of ketones is 1. The van der Waals surface area contributed by atoms with Crippen molar-refractivity contribution in [3.8, 4) is 0 Å². The third-order valence-electron chi connectivity index (χ3n) is 2.89. The van der Waals surface area contributed by atoms with E-state index in [0.717, 1.165) is 0 Å². The molecule has 4 nitrogen and oxygen atoms in total. The molecule has 0 unspecified atom stereocenters. The molecular formula is C13H21NO3. The lowest BCUT2D eigenvalue weighted by Crippen LogP contribution is -2.29. The number of aliphatic imine (C=N–C) groups is 1. The highest BCUT2D eigenvalue weighted by atomic mass is 16.3. The first-order chi connectivity index (χ1) is 7.76. The van der Waals surface area contributed by atoms with Gasteiger partial charge in [-0.15, -0.1) is 0 Å². The second kappa shape index (κ2) is 5.00. The molecule has 0 aromatic heterocycles. The minimum absolute atomic E-state index is 0.0644. The zero-order valence-corrected chi connectivity index (χ0v) is 10.9. The lowest BCUT2D eigenvalue weighted by Gasteiger charge is -2.29. The molecule has 0 heterocycles. The van der Waals surface area contributed by atoms with Crippen LogP contribution in [0, 0.1) is 5.41 Å². The minimum atomic E-state index is -0.252. The third-order valence-corrected chi connectivity index (χ3v) is 2.89. The van der Waals surface area contributed by atoms with Gasteiger partial charge in [-0.05, 0) is 19.3 Å². The summed E-state index contributed by atoms with van der Waals surface area (Å²) in [6.45, 7) is 7.32. The summed E-state index contributed by atoms with van der Waals surface area (Å²) >= 11 is 0. The number of allylic oxidation sites excluding steroid dienone is 2. The second-order valence-corrected chi connectivity index (χ2v) is 5.51. The van der Waals surface area contributed by atoms with Gasteiger partial charge >= 0.3 is 0 Å². The molecule has 0 bridgehead atoms. The van der Waals surface area contributed by atoms with Crippen LogP contribution < -0.4 is 0 Å². The number of aliphatic hydroxyl groups is 2. The topological polar surface area (TPSA) is 69.9 Å². The Morgan fingerprint density at radius 3 is 2.53 bits per heavy atom. The predicted octanol–water partition coefficient (Wildman–Crippen LogP) is 2.03. The van der Waals surface area contributed by atoms with E-state index >= 15 is 0 Å². The number of hydrogen-bond acceptors (Lipinski definition) is 4. The zero-order chi connectivity index (χ0) is 13.2. The van der Waals surface area contributed by atoms with Gasteiger partial charge < -0.3 is 10.2 Å². The molecule has 17 heavy (non-hydrogen) atoms. The first-order valence-corrected chi connectivity index (χ1v) is 5.88. The highest BCUT2D eigenvalue weighted by Crippen LogP contribution is 2.36. The lowest BCUT2D eigenvalue weighted by molar-refractivity contribution is -0.117. The Bertz CT molecular complexity index is 380. The fourth-order valence-corrected chi connectivity index (χ4v) is 2.13. The molecule has 0 aromatic carbocycles. The summed E-state index contributed by atoms with van der Waals surface area (Å²) < 4.78 is 0. The second-order valence-electron chi connectivity index (χ2n) is 5.51. The maximum atomic E-state index is 12.0. The van der Waals surface area contributed by atoms with E-state index in [4.69, 9.17) is 5.11 Å². The van der Waals surface area contributed by atoms with Gasteiger partial charge in [0.05, 0.1) is 18.2 Å². The van der Waals surface area contributed by atoms with E-state index in [1.165, 1.54) is 0 Å². The smallest absolute Gasteiger partial charge is 0.168 e. The maximum Gasteiger partial charge on any atom is 0.168 e. The number of carbonyl (C=O) groups excluding carboxylic acids is 1. The van der Waals surface area contributed by atoms with Gasteiger partial charge in [-0.3, -0.25) is 9.79 Å². The van der Waals surface area contributed by atoms with Crippen molar-refractivity contribution in [3.63, 3.8) is 0 Å². The molecule has 0 radical (unpaired) electrons. The van der Waals surface area contributed by atoms with Gasteiger partial charge in [-0.2, -0.15) is 0 Å². The van der Waals surface area contributed by atoms with Crippen LogP contribution in [0.2, 0.25) is 0 Å². The molecule has 1 aliphatic rings. The van der Waals surface area contributed by atoms with Crippen LogP contribution in [-0.2, 0) is 4.79 Å². The lowest BCUT2D eigenvalue weighted by atomic mass is 9.76. The fraction of sp³-hybridized carbons (Fsp3) is 0.692. The van der Waals surface area contributed by atoms with Crippen molar-refractivity contribution in [1.29, 1.82) is 0 Å². The number of nitrogens with zero attached hydrogens (tertiary/aromatic N) is 1. The summed E-state index contributed by atoms with van der Waals surface area (Å²) in [5.74, 6) is 0.0581. The van der Waals surface area contributed by atoms with Crippen molar-refractivity contribution in [3.05, 3.63) is 11.3 Å². The van der Waals surface area contributed by atoms with E-state index < -0.39 is 0 Å². The molecule has 0 amide bonds. The molecule has 1 atom stereocenters. The van der Waals surface area contributed by atoms with E-state index in [9.17, 15) is 9.90 Å². The molecule has 0 spiro atoms. The molecule has 4 heteroatoms. The summed E-state index contributed by atoms with van der Waals surface area (Å²) in [5, 5.41) is 18.9. The van der Waals surface area contributed by atoms with Crippen molar-refractivity contribution < 1.29 is 15.0 Å². The van der Waals surface area contributed by atoms with E-state index in [-0.39, 0.29) is 29.6 Å². The number of aliphatic hydroxyl groups excluding tert-OH is 2. The van der Waals surface area contributed by atoms with Crippen molar-refractivity contribution in [2.75, 3.05) is 6.61 Å². The SMILES string of the molecule is CC(=N[C@@H](C)CO)C1=C(O)CC(C)(C)CC1=O. The number of rotatable bonds is 3. The van der Waals surface area contributed by atoms with Gasteiger partial charge in [0.1, 0.15) is 5.76 Å². The predicted molar refractivity (Wildman–Crippen MR) is 67.3 cm³/mol. The average Bonchev–Trinajstić information content (AvgIpc) is 2.13. The van der Waals surface area contributed by atoms with Gasteiger partial charge in [0.15, 0.2) is 5.78 Å². The summed E-state index contributed by atoms with van der Waals surface area (Å²) in [6, 6.07) is -0.252. The van der Waals surface area contributed by atoms with Crippen LogP contribution in [0.1, 0.15) is 40.5 Å². The number of Topliss-reactive ketones (excluding diaryl/α,β-unsaturated/α-hetero) is 1. The van der Waals surface area contributed by atoms with Crippen LogP contribution in [0.3, 0.4) is 0 Å².